The number of anilines is 1. The minimum absolute atomic E-state index is 0.303. The normalized spacial score (nSPS) is 13.3. The Bertz CT molecular complexity index is 404. The lowest BCUT2D eigenvalue weighted by atomic mass is 9.87. The van der Waals surface area contributed by atoms with Gasteiger partial charge in [-0.2, -0.15) is 0 Å². The van der Waals surface area contributed by atoms with Gasteiger partial charge in [0.1, 0.15) is 5.82 Å². The molecule has 1 atom stereocenters. The molecule has 1 amide bonds. The molecular weight excluding hydrogens is 219 g/mol. The summed E-state index contributed by atoms with van der Waals surface area (Å²) in [6.45, 7) is 7.42. The van der Waals surface area contributed by atoms with Crippen molar-refractivity contribution in [2.75, 3.05) is 5.32 Å². The van der Waals surface area contributed by atoms with Crippen molar-refractivity contribution in [2.24, 2.45) is 11.1 Å². The van der Waals surface area contributed by atoms with Gasteiger partial charge in [0.15, 0.2) is 0 Å². The van der Waals surface area contributed by atoms with Gasteiger partial charge in [-0.05, 0) is 36.1 Å². The van der Waals surface area contributed by atoms with Crippen LogP contribution in [0.3, 0.4) is 0 Å². The highest BCUT2D eigenvalue weighted by Gasteiger charge is 2.27. The maximum Gasteiger partial charge on any atom is 0.241 e. The number of benzene rings is 1. The fourth-order valence-electron chi connectivity index (χ4n) is 1.42. The minimum Gasteiger partial charge on any atom is -0.325 e. The highest BCUT2D eigenvalue weighted by Crippen LogP contribution is 2.19. The molecule has 94 valence electrons. The van der Waals surface area contributed by atoms with Gasteiger partial charge in [-0.15, -0.1) is 0 Å². The molecule has 3 N–H and O–H groups in total. The lowest BCUT2D eigenvalue weighted by Crippen LogP contribution is -2.45. The van der Waals surface area contributed by atoms with Crippen molar-refractivity contribution in [2.45, 2.75) is 33.7 Å². The smallest absolute Gasteiger partial charge is 0.241 e. The van der Waals surface area contributed by atoms with E-state index in [1.54, 1.807) is 13.0 Å². The highest BCUT2D eigenvalue weighted by molar-refractivity contribution is 5.95. The Labute approximate surface area is 101 Å². The molecule has 3 nitrogen and oxygen atoms in total. The van der Waals surface area contributed by atoms with Crippen LogP contribution < -0.4 is 11.1 Å². The molecule has 4 heteroatoms. The first-order valence-electron chi connectivity index (χ1n) is 5.54. The van der Waals surface area contributed by atoms with E-state index in [1.807, 2.05) is 20.8 Å². The second-order valence-electron chi connectivity index (χ2n) is 5.35. The minimum atomic E-state index is -0.633. The van der Waals surface area contributed by atoms with Crippen LogP contribution in [-0.2, 0) is 4.79 Å². The summed E-state index contributed by atoms with van der Waals surface area (Å²) in [5.74, 6) is -0.674. The third-order valence-corrected chi connectivity index (χ3v) is 2.53. The number of nitrogens with one attached hydrogen (secondary N) is 1. The summed E-state index contributed by atoms with van der Waals surface area (Å²) in [7, 11) is 0. The quantitative estimate of drug-likeness (QED) is 0.831. The average molecular weight is 238 g/mol. The first-order valence-corrected chi connectivity index (χ1v) is 5.54. The van der Waals surface area contributed by atoms with E-state index in [4.69, 9.17) is 5.73 Å². The van der Waals surface area contributed by atoms with E-state index >= 15 is 0 Å². The number of hydrogen-bond acceptors (Lipinski definition) is 2. The maximum atomic E-state index is 13.1. The van der Waals surface area contributed by atoms with Gasteiger partial charge in [-0.25, -0.2) is 4.39 Å². The Kier molecular flexibility index (Phi) is 3.88. The molecule has 0 radical (unpaired) electrons. The monoisotopic (exact) mass is 238 g/mol. The van der Waals surface area contributed by atoms with Crippen LogP contribution in [0, 0.1) is 18.2 Å². The fourth-order valence-corrected chi connectivity index (χ4v) is 1.42. The second kappa shape index (κ2) is 4.84. The molecule has 17 heavy (non-hydrogen) atoms. The van der Waals surface area contributed by atoms with Gasteiger partial charge in [-0.3, -0.25) is 4.79 Å². The van der Waals surface area contributed by atoms with Gasteiger partial charge in [0.25, 0.3) is 0 Å². The lowest BCUT2D eigenvalue weighted by Gasteiger charge is -2.25. The zero-order chi connectivity index (χ0) is 13.2. The Hall–Kier alpha value is -1.42. The van der Waals surface area contributed by atoms with Crippen LogP contribution in [0.5, 0.6) is 0 Å². The number of carbonyl (C=O) groups is 1. The number of aryl methyl sites for hydroxylation is 1. The van der Waals surface area contributed by atoms with Gasteiger partial charge in [0, 0.05) is 5.69 Å². The average Bonchev–Trinajstić information content (AvgIpc) is 2.13. The van der Waals surface area contributed by atoms with Crippen molar-refractivity contribution in [3.05, 3.63) is 29.6 Å². The molecule has 0 bridgehead atoms. The Morgan fingerprint density at radius 3 is 2.41 bits per heavy atom. The van der Waals surface area contributed by atoms with Gasteiger partial charge in [0.2, 0.25) is 5.91 Å². The van der Waals surface area contributed by atoms with Gasteiger partial charge < -0.3 is 11.1 Å². The Balaban J connectivity index is 2.81. The van der Waals surface area contributed by atoms with E-state index in [0.29, 0.717) is 5.69 Å². The summed E-state index contributed by atoms with van der Waals surface area (Å²) in [5, 5.41) is 2.63. The second-order valence-corrected chi connectivity index (χ2v) is 5.35. The molecule has 0 saturated heterocycles. The fraction of sp³-hybridized carbons (Fsp3) is 0.462. The van der Waals surface area contributed by atoms with E-state index in [-0.39, 0.29) is 17.1 Å². The standard InChI is InChI=1S/C13H19FN2O/c1-8-5-9(14)7-10(6-8)16-12(17)11(15)13(2,3)4/h5-7,11H,15H2,1-4H3,(H,16,17). The van der Waals surface area contributed by atoms with Crippen molar-refractivity contribution in [3.8, 4) is 0 Å². The molecule has 0 heterocycles. The molecule has 0 aromatic heterocycles. The predicted molar refractivity (Wildman–Crippen MR) is 67.2 cm³/mol. The number of amides is 1. The van der Waals surface area contributed by atoms with Crippen molar-refractivity contribution < 1.29 is 9.18 Å². The molecule has 0 spiro atoms. The van der Waals surface area contributed by atoms with Crippen molar-refractivity contribution in [1.29, 1.82) is 0 Å². The van der Waals surface area contributed by atoms with Crippen LogP contribution in [0.4, 0.5) is 10.1 Å². The number of hydrogen-bond donors (Lipinski definition) is 2. The van der Waals surface area contributed by atoms with Gasteiger partial charge in [-0.1, -0.05) is 20.8 Å². The van der Waals surface area contributed by atoms with E-state index < -0.39 is 6.04 Å². The van der Waals surface area contributed by atoms with Crippen LogP contribution in [0.2, 0.25) is 0 Å². The van der Waals surface area contributed by atoms with Crippen LogP contribution >= 0.6 is 0 Å². The number of rotatable bonds is 2. The molecule has 1 aromatic rings. The molecule has 0 aliphatic heterocycles. The molecule has 1 aromatic carbocycles. The number of carbonyl (C=O) groups excluding carboxylic acids is 1. The summed E-state index contributed by atoms with van der Waals surface area (Å²) in [6, 6.07) is 3.75. The van der Waals surface area contributed by atoms with Gasteiger partial charge >= 0.3 is 0 Å². The van der Waals surface area contributed by atoms with Crippen LogP contribution in [-0.4, -0.2) is 11.9 Å². The van der Waals surface area contributed by atoms with E-state index in [2.05, 4.69) is 5.32 Å². The number of halogens is 1. The predicted octanol–water partition coefficient (Wildman–Crippen LogP) is 2.45. The third-order valence-electron chi connectivity index (χ3n) is 2.53. The summed E-state index contributed by atoms with van der Waals surface area (Å²) in [5.41, 5.74) is 6.68. The maximum absolute atomic E-state index is 13.1. The van der Waals surface area contributed by atoms with Gasteiger partial charge in [0.05, 0.1) is 6.04 Å². The molecule has 1 unspecified atom stereocenters. The van der Waals surface area contributed by atoms with Crippen molar-refractivity contribution >= 4 is 11.6 Å². The van der Waals surface area contributed by atoms with Crippen LogP contribution in [0.1, 0.15) is 26.3 Å². The zero-order valence-corrected chi connectivity index (χ0v) is 10.7. The van der Waals surface area contributed by atoms with E-state index in [1.165, 1.54) is 12.1 Å². The molecule has 0 saturated carbocycles. The summed E-state index contributed by atoms with van der Waals surface area (Å²) in [6.07, 6.45) is 0. The number of nitrogens with two attached hydrogens (primary N) is 1. The van der Waals surface area contributed by atoms with Crippen molar-refractivity contribution in [1.82, 2.24) is 0 Å². The first kappa shape index (κ1) is 13.6. The molecular formula is C13H19FN2O. The third kappa shape index (κ3) is 3.82. The molecule has 0 aliphatic carbocycles. The summed E-state index contributed by atoms with van der Waals surface area (Å²) >= 11 is 0. The topological polar surface area (TPSA) is 55.1 Å². The largest absolute Gasteiger partial charge is 0.325 e. The Morgan fingerprint density at radius 2 is 1.94 bits per heavy atom. The lowest BCUT2D eigenvalue weighted by molar-refractivity contribution is -0.119. The van der Waals surface area contributed by atoms with E-state index in [9.17, 15) is 9.18 Å². The molecule has 1 rings (SSSR count). The highest BCUT2D eigenvalue weighted by atomic mass is 19.1. The summed E-state index contributed by atoms with van der Waals surface area (Å²) in [4.78, 5) is 11.8. The van der Waals surface area contributed by atoms with Crippen LogP contribution in [0.25, 0.3) is 0 Å². The SMILES string of the molecule is Cc1cc(F)cc(NC(=O)C(N)C(C)(C)C)c1. The van der Waals surface area contributed by atoms with E-state index in [0.717, 1.165) is 5.56 Å². The van der Waals surface area contributed by atoms with Crippen LogP contribution in [0.15, 0.2) is 18.2 Å². The molecule has 0 fully saturated rings. The zero-order valence-electron chi connectivity index (χ0n) is 10.7. The summed E-state index contributed by atoms with van der Waals surface area (Å²) < 4.78 is 13.1. The Morgan fingerprint density at radius 1 is 1.35 bits per heavy atom. The first-order chi connectivity index (χ1) is 7.70. The molecule has 0 aliphatic rings. The van der Waals surface area contributed by atoms with Crippen molar-refractivity contribution in [3.63, 3.8) is 0 Å².